The summed E-state index contributed by atoms with van der Waals surface area (Å²) < 4.78 is 5.05. The first-order chi connectivity index (χ1) is 5.96. The molecule has 0 fully saturated rings. The van der Waals surface area contributed by atoms with E-state index in [-0.39, 0.29) is 12.0 Å². The van der Waals surface area contributed by atoms with Crippen molar-refractivity contribution >= 4 is 0 Å². The first kappa shape index (κ1) is 10.3. The monoisotopic (exact) mass is 183 g/mol. The van der Waals surface area contributed by atoms with Gasteiger partial charge in [-0.3, -0.25) is 0 Å². The Balaban J connectivity index is 2.85. The van der Waals surface area contributed by atoms with Gasteiger partial charge in [0.2, 0.25) is 0 Å². The number of aliphatic hydroxyl groups excluding tert-OH is 1. The Morgan fingerprint density at radius 3 is 2.38 bits per heavy atom. The van der Waals surface area contributed by atoms with Gasteiger partial charge in [0, 0.05) is 12.2 Å². The lowest BCUT2D eigenvalue weighted by Crippen LogP contribution is -2.20. The van der Waals surface area contributed by atoms with Crippen molar-refractivity contribution < 1.29 is 9.63 Å². The quantitative estimate of drug-likeness (QED) is 0.778. The van der Waals surface area contributed by atoms with Gasteiger partial charge in [-0.2, -0.15) is 0 Å². The molecule has 0 unspecified atom stereocenters. The lowest BCUT2D eigenvalue weighted by Gasteiger charge is -2.20. The topological polar surface area (TPSA) is 46.3 Å². The summed E-state index contributed by atoms with van der Waals surface area (Å²) in [5.74, 6) is 0.860. The van der Waals surface area contributed by atoms with Crippen molar-refractivity contribution in [1.82, 2.24) is 5.16 Å². The summed E-state index contributed by atoms with van der Waals surface area (Å²) in [4.78, 5) is 0. The van der Waals surface area contributed by atoms with Crippen molar-refractivity contribution in [2.45, 2.75) is 34.1 Å². The third-order valence-electron chi connectivity index (χ3n) is 2.26. The molecule has 3 nitrogen and oxygen atoms in total. The zero-order valence-electron chi connectivity index (χ0n) is 8.72. The molecule has 0 aliphatic carbocycles. The van der Waals surface area contributed by atoms with Gasteiger partial charge in [0.1, 0.15) is 5.76 Å². The van der Waals surface area contributed by atoms with E-state index in [4.69, 9.17) is 9.63 Å². The molecule has 13 heavy (non-hydrogen) atoms. The fraction of sp³-hybridized carbons (Fsp3) is 0.700. The van der Waals surface area contributed by atoms with Gasteiger partial charge in [0.25, 0.3) is 0 Å². The second-order valence-corrected chi connectivity index (χ2v) is 4.30. The molecule has 0 aliphatic heterocycles. The van der Waals surface area contributed by atoms with E-state index in [2.05, 4.69) is 5.16 Å². The van der Waals surface area contributed by atoms with Crippen LogP contribution in [0.5, 0.6) is 0 Å². The minimum Gasteiger partial charge on any atom is -0.396 e. The summed E-state index contributed by atoms with van der Waals surface area (Å²) in [5, 5.41) is 13.0. The molecule has 0 amide bonds. The lowest BCUT2D eigenvalue weighted by molar-refractivity contribution is 0.159. The highest BCUT2D eigenvalue weighted by molar-refractivity contribution is 5.22. The average molecular weight is 183 g/mol. The van der Waals surface area contributed by atoms with E-state index in [1.165, 1.54) is 0 Å². The Labute approximate surface area is 78.7 Å². The standard InChI is InChI=1S/C10H17NO2/c1-7-9(8(2)13-11-7)5-10(3,4)6-12/h12H,5-6H2,1-4H3. The molecule has 1 N–H and O–H groups in total. The van der Waals surface area contributed by atoms with Crippen LogP contribution in [0.2, 0.25) is 0 Å². The predicted molar refractivity (Wildman–Crippen MR) is 50.5 cm³/mol. The number of nitrogens with zero attached hydrogens (tertiary/aromatic N) is 1. The van der Waals surface area contributed by atoms with Crippen LogP contribution < -0.4 is 0 Å². The van der Waals surface area contributed by atoms with E-state index in [1.807, 2.05) is 27.7 Å². The van der Waals surface area contributed by atoms with Crippen molar-refractivity contribution in [2.24, 2.45) is 5.41 Å². The molecular formula is C10H17NO2. The van der Waals surface area contributed by atoms with Gasteiger partial charge in [-0.05, 0) is 25.7 Å². The molecule has 0 spiro atoms. The summed E-state index contributed by atoms with van der Waals surface area (Å²) in [6.07, 6.45) is 0.810. The number of rotatable bonds is 3. The summed E-state index contributed by atoms with van der Waals surface area (Å²) in [6, 6.07) is 0. The van der Waals surface area contributed by atoms with Crippen LogP contribution in [-0.2, 0) is 6.42 Å². The van der Waals surface area contributed by atoms with Crippen LogP contribution in [0.4, 0.5) is 0 Å². The maximum Gasteiger partial charge on any atom is 0.137 e. The van der Waals surface area contributed by atoms with Crippen LogP contribution in [0, 0.1) is 19.3 Å². The molecule has 1 aromatic rings. The first-order valence-electron chi connectivity index (χ1n) is 4.49. The second-order valence-electron chi connectivity index (χ2n) is 4.30. The third-order valence-corrected chi connectivity index (χ3v) is 2.26. The van der Waals surface area contributed by atoms with Gasteiger partial charge in [-0.1, -0.05) is 19.0 Å². The molecule has 0 aliphatic rings. The average Bonchev–Trinajstić information content (AvgIpc) is 2.36. The third kappa shape index (κ3) is 2.31. The van der Waals surface area contributed by atoms with E-state index in [0.717, 1.165) is 23.4 Å². The fourth-order valence-electron chi connectivity index (χ4n) is 1.29. The molecule has 74 valence electrons. The molecule has 0 bridgehead atoms. The van der Waals surface area contributed by atoms with Crippen LogP contribution in [0.25, 0.3) is 0 Å². The minimum absolute atomic E-state index is 0.0962. The number of aryl methyl sites for hydroxylation is 2. The van der Waals surface area contributed by atoms with Crippen LogP contribution in [-0.4, -0.2) is 16.9 Å². The highest BCUT2D eigenvalue weighted by Gasteiger charge is 2.21. The number of hydrogen-bond donors (Lipinski definition) is 1. The van der Waals surface area contributed by atoms with Crippen LogP contribution in [0.3, 0.4) is 0 Å². The van der Waals surface area contributed by atoms with Crippen molar-refractivity contribution in [3.05, 3.63) is 17.0 Å². The van der Waals surface area contributed by atoms with Gasteiger partial charge in [0.15, 0.2) is 0 Å². The Morgan fingerprint density at radius 2 is 2.00 bits per heavy atom. The highest BCUT2D eigenvalue weighted by atomic mass is 16.5. The van der Waals surface area contributed by atoms with E-state index in [9.17, 15) is 0 Å². The molecule has 0 atom stereocenters. The normalized spacial score (nSPS) is 12.1. The van der Waals surface area contributed by atoms with Crippen molar-refractivity contribution in [1.29, 1.82) is 0 Å². The zero-order chi connectivity index (χ0) is 10.1. The van der Waals surface area contributed by atoms with E-state index in [0.29, 0.717) is 0 Å². The Kier molecular flexibility index (Phi) is 2.76. The zero-order valence-corrected chi connectivity index (χ0v) is 8.72. The van der Waals surface area contributed by atoms with E-state index >= 15 is 0 Å². The number of hydrogen-bond acceptors (Lipinski definition) is 3. The maximum absolute atomic E-state index is 9.12. The van der Waals surface area contributed by atoms with E-state index in [1.54, 1.807) is 0 Å². The summed E-state index contributed by atoms with van der Waals surface area (Å²) in [6.45, 7) is 8.07. The molecule has 1 aromatic heterocycles. The molecular weight excluding hydrogens is 166 g/mol. The maximum atomic E-state index is 9.12. The predicted octanol–water partition coefficient (Wildman–Crippen LogP) is 1.85. The summed E-state index contributed by atoms with van der Waals surface area (Å²) >= 11 is 0. The van der Waals surface area contributed by atoms with Gasteiger partial charge >= 0.3 is 0 Å². The van der Waals surface area contributed by atoms with E-state index < -0.39 is 0 Å². The highest BCUT2D eigenvalue weighted by Crippen LogP contribution is 2.24. The van der Waals surface area contributed by atoms with Gasteiger partial charge in [-0.15, -0.1) is 0 Å². The first-order valence-corrected chi connectivity index (χ1v) is 4.49. The number of aromatic nitrogens is 1. The fourth-order valence-corrected chi connectivity index (χ4v) is 1.29. The largest absolute Gasteiger partial charge is 0.396 e. The lowest BCUT2D eigenvalue weighted by atomic mass is 9.86. The van der Waals surface area contributed by atoms with Crippen molar-refractivity contribution in [3.63, 3.8) is 0 Å². The second kappa shape index (κ2) is 3.50. The molecule has 0 aromatic carbocycles. The Hall–Kier alpha value is -0.830. The molecule has 0 saturated heterocycles. The van der Waals surface area contributed by atoms with Gasteiger partial charge in [0.05, 0.1) is 5.69 Å². The summed E-state index contributed by atoms with van der Waals surface area (Å²) in [5.41, 5.74) is 1.96. The van der Waals surface area contributed by atoms with Crippen molar-refractivity contribution in [2.75, 3.05) is 6.61 Å². The molecule has 3 heteroatoms. The molecule has 0 radical (unpaired) electrons. The van der Waals surface area contributed by atoms with Crippen LogP contribution >= 0.6 is 0 Å². The minimum atomic E-state index is -0.0962. The van der Waals surface area contributed by atoms with Crippen molar-refractivity contribution in [3.8, 4) is 0 Å². The molecule has 0 saturated carbocycles. The van der Waals surface area contributed by atoms with Crippen LogP contribution in [0.1, 0.15) is 30.9 Å². The van der Waals surface area contributed by atoms with Crippen LogP contribution in [0.15, 0.2) is 4.52 Å². The summed E-state index contributed by atoms with van der Waals surface area (Å²) in [7, 11) is 0. The number of aliphatic hydroxyl groups is 1. The van der Waals surface area contributed by atoms with Gasteiger partial charge < -0.3 is 9.63 Å². The smallest absolute Gasteiger partial charge is 0.137 e. The Morgan fingerprint density at radius 1 is 1.38 bits per heavy atom. The van der Waals surface area contributed by atoms with Gasteiger partial charge in [-0.25, -0.2) is 0 Å². The molecule has 1 rings (SSSR count). The Bertz CT molecular complexity index is 270. The molecule has 1 heterocycles. The SMILES string of the molecule is Cc1noc(C)c1CC(C)(C)CO.